The summed E-state index contributed by atoms with van der Waals surface area (Å²) in [5, 5.41) is 21.6. The Kier molecular flexibility index (Phi) is 4.46. The van der Waals surface area contributed by atoms with Gasteiger partial charge in [0.1, 0.15) is 5.76 Å². The summed E-state index contributed by atoms with van der Waals surface area (Å²) in [5.41, 5.74) is 1.45. The van der Waals surface area contributed by atoms with Crippen molar-refractivity contribution >= 4 is 34.1 Å². The van der Waals surface area contributed by atoms with Crippen LogP contribution in [0.2, 0.25) is 5.02 Å². The maximum absolute atomic E-state index is 12.9. The maximum atomic E-state index is 12.9. The summed E-state index contributed by atoms with van der Waals surface area (Å²) in [6.45, 7) is -0.201. The van der Waals surface area contributed by atoms with E-state index >= 15 is 0 Å². The van der Waals surface area contributed by atoms with E-state index < -0.39 is 10.8 Å². The predicted molar refractivity (Wildman–Crippen MR) is 103 cm³/mol. The topological polar surface area (TPSA) is 98.5 Å². The van der Waals surface area contributed by atoms with Crippen molar-refractivity contribution in [1.82, 2.24) is 4.57 Å². The largest absolute Gasteiger partial charge is 0.451 e. The zero-order chi connectivity index (χ0) is 19.8. The summed E-state index contributed by atoms with van der Waals surface area (Å²) >= 11 is 6.14. The van der Waals surface area contributed by atoms with Crippen LogP contribution in [0.25, 0.3) is 22.2 Å². The van der Waals surface area contributed by atoms with Gasteiger partial charge in [-0.3, -0.25) is 19.5 Å². The zero-order valence-electron chi connectivity index (χ0n) is 14.3. The molecule has 0 atom stereocenters. The van der Waals surface area contributed by atoms with Gasteiger partial charge in [0, 0.05) is 34.8 Å². The van der Waals surface area contributed by atoms with Crippen LogP contribution in [-0.2, 0) is 6.61 Å². The minimum Gasteiger partial charge on any atom is -0.451 e. The molecule has 0 bridgehead atoms. The van der Waals surface area contributed by atoms with E-state index in [1.807, 2.05) is 12.1 Å². The Morgan fingerprint density at radius 3 is 2.71 bits per heavy atom. The number of aromatic nitrogens is 1. The van der Waals surface area contributed by atoms with Crippen LogP contribution in [0.5, 0.6) is 0 Å². The van der Waals surface area contributed by atoms with Crippen LogP contribution < -0.4 is 0 Å². The third-order valence-corrected chi connectivity index (χ3v) is 4.76. The van der Waals surface area contributed by atoms with Gasteiger partial charge >= 0.3 is 0 Å². The van der Waals surface area contributed by atoms with Crippen molar-refractivity contribution in [2.75, 3.05) is 0 Å². The highest BCUT2D eigenvalue weighted by atomic mass is 35.5. The summed E-state index contributed by atoms with van der Waals surface area (Å²) in [6.07, 6.45) is 1.57. The lowest BCUT2D eigenvalue weighted by atomic mass is 10.1. The molecule has 140 valence electrons. The van der Waals surface area contributed by atoms with E-state index in [0.29, 0.717) is 16.6 Å². The monoisotopic (exact) mass is 396 g/mol. The van der Waals surface area contributed by atoms with Crippen LogP contribution in [-0.4, -0.2) is 20.5 Å². The molecule has 0 unspecified atom stereocenters. The van der Waals surface area contributed by atoms with E-state index in [2.05, 4.69) is 0 Å². The van der Waals surface area contributed by atoms with Crippen LogP contribution in [0.15, 0.2) is 65.2 Å². The van der Waals surface area contributed by atoms with Crippen LogP contribution >= 0.6 is 11.6 Å². The highest BCUT2D eigenvalue weighted by Crippen LogP contribution is 2.33. The average molecular weight is 397 g/mol. The van der Waals surface area contributed by atoms with Gasteiger partial charge in [-0.1, -0.05) is 29.8 Å². The molecular weight excluding hydrogens is 384 g/mol. The Morgan fingerprint density at radius 2 is 1.96 bits per heavy atom. The molecule has 0 amide bonds. The number of furan rings is 1. The molecule has 0 fully saturated rings. The number of carbonyl (C=O) groups excluding carboxylic acids is 1. The summed E-state index contributed by atoms with van der Waals surface area (Å²) in [4.78, 5) is 23.4. The molecule has 2 aromatic heterocycles. The molecule has 0 aliphatic rings. The molecule has 0 radical (unpaired) electrons. The predicted octanol–water partition coefficient (Wildman–Crippen LogP) is 4.64. The second-order valence-electron chi connectivity index (χ2n) is 6.09. The molecule has 1 N–H and O–H groups in total. The first-order chi connectivity index (χ1) is 13.5. The van der Waals surface area contributed by atoms with Gasteiger partial charge in [0.2, 0.25) is 0 Å². The lowest BCUT2D eigenvalue weighted by Crippen LogP contribution is -2.09. The van der Waals surface area contributed by atoms with Gasteiger partial charge in [0.05, 0.1) is 22.1 Å². The Hall–Kier alpha value is -3.42. The molecule has 4 rings (SSSR count). The first-order valence-electron chi connectivity index (χ1n) is 8.28. The first-order valence-corrected chi connectivity index (χ1v) is 8.66. The van der Waals surface area contributed by atoms with Gasteiger partial charge in [-0.25, -0.2) is 0 Å². The molecule has 2 aromatic carbocycles. The molecule has 0 saturated heterocycles. The molecule has 8 heteroatoms. The summed E-state index contributed by atoms with van der Waals surface area (Å²) in [5.74, 6) is -0.137. The molecule has 0 aliphatic heterocycles. The number of hydrogen-bond donors (Lipinski definition) is 1. The van der Waals surface area contributed by atoms with E-state index in [1.54, 1.807) is 18.3 Å². The molecule has 0 saturated carbocycles. The van der Waals surface area contributed by atoms with E-state index in [1.165, 1.54) is 34.9 Å². The van der Waals surface area contributed by atoms with Crippen LogP contribution in [0.3, 0.4) is 0 Å². The molecule has 7 nitrogen and oxygen atoms in total. The van der Waals surface area contributed by atoms with E-state index in [0.717, 1.165) is 5.39 Å². The van der Waals surface area contributed by atoms with Crippen molar-refractivity contribution in [3.63, 3.8) is 0 Å². The number of para-hydroxylation sites is 1. The number of halogens is 1. The van der Waals surface area contributed by atoms with Crippen molar-refractivity contribution in [1.29, 1.82) is 0 Å². The van der Waals surface area contributed by atoms with Gasteiger partial charge in [0.15, 0.2) is 5.76 Å². The second-order valence-corrected chi connectivity index (χ2v) is 6.50. The number of hydrogen-bond acceptors (Lipinski definition) is 5. The second kappa shape index (κ2) is 6.95. The number of nitro groups is 1. The highest BCUT2D eigenvalue weighted by molar-refractivity contribution is 6.33. The van der Waals surface area contributed by atoms with Gasteiger partial charge < -0.3 is 9.52 Å². The summed E-state index contributed by atoms with van der Waals surface area (Å²) in [7, 11) is 0. The Bertz CT molecular complexity index is 1220. The number of carbonyl (C=O) groups is 1. The van der Waals surface area contributed by atoms with E-state index in [4.69, 9.17) is 16.0 Å². The van der Waals surface area contributed by atoms with Crippen molar-refractivity contribution in [2.24, 2.45) is 0 Å². The number of aliphatic hydroxyl groups is 1. The fourth-order valence-corrected chi connectivity index (χ4v) is 3.29. The first kappa shape index (κ1) is 18.0. The van der Waals surface area contributed by atoms with Gasteiger partial charge in [-0.2, -0.15) is 0 Å². The fraction of sp³-hybridized carbons (Fsp3) is 0.0500. The summed E-state index contributed by atoms with van der Waals surface area (Å²) < 4.78 is 7.05. The molecule has 0 spiro atoms. The van der Waals surface area contributed by atoms with Crippen molar-refractivity contribution in [3.05, 3.63) is 87.3 Å². The molecule has 2 heterocycles. The van der Waals surface area contributed by atoms with Gasteiger partial charge in [0.25, 0.3) is 11.6 Å². The number of nitrogens with zero attached hydrogens (tertiary/aromatic N) is 2. The molecule has 4 aromatic rings. The fourth-order valence-electron chi connectivity index (χ4n) is 3.08. The smallest absolute Gasteiger partial charge is 0.298 e. The quantitative estimate of drug-likeness (QED) is 0.400. The zero-order valence-corrected chi connectivity index (χ0v) is 15.1. The number of rotatable bonds is 4. The number of fused-ring (bicyclic) bond motifs is 1. The number of aliphatic hydroxyl groups excluding tert-OH is 1. The van der Waals surface area contributed by atoms with Gasteiger partial charge in [-0.15, -0.1) is 0 Å². The Balaban J connectivity index is 1.76. The normalized spacial score (nSPS) is 11.1. The molecule has 28 heavy (non-hydrogen) atoms. The molecule has 0 aliphatic carbocycles. The van der Waals surface area contributed by atoms with Crippen molar-refractivity contribution < 1.29 is 19.2 Å². The van der Waals surface area contributed by atoms with Crippen molar-refractivity contribution in [2.45, 2.75) is 6.61 Å². The summed E-state index contributed by atoms with van der Waals surface area (Å²) in [6, 6.07) is 14.2. The lowest BCUT2D eigenvalue weighted by Gasteiger charge is -2.03. The number of benzene rings is 2. The lowest BCUT2D eigenvalue weighted by molar-refractivity contribution is -0.384. The number of nitro benzene ring substituents is 1. The van der Waals surface area contributed by atoms with Crippen LogP contribution in [0.4, 0.5) is 5.69 Å². The van der Waals surface area contributed by atoms with Crippen LogP contribution in [0, 0.1) is 10.1 Å². The van der Waals surface area contributed by atoms with Crippen molar-refractivity contribution in [3.8, 4) is 11.3 Å². The minimum atomic E-state index is -0.531. The maximum Gasteiger partial charge on any atom is 0.298 e. The van der Waals surface area contributed by atoms with Gasteiger partial charge in [-0.05, 0) is 24.3 Å². The third-order valence-electron chi connectivity index (χ3n) is 4.43. The molecular formula is C20H13ClN2O5. The minimum absolute atomic E-state index is 0.0443. The Morgan fingerprint density at radius 1 is 1.18 bits per heavy atom. The highest BCUT2D eigenvalue weighted by Gasteiger charge is 2.20. The van der Waals surface area contributed by atoms with E-state index in [9.17, 15) is 20.0 Å². The standard InChI is InChI=1S/C20H13ClN2O5/c21-16-6-5-13(23(26)27)9-15(16)18-7-8-19(28-18)20(25)22-10-12(11-24)14-3-1-2-4-17(14)22/h1-10,24H,11H2. The Labute approximate surface area is 163 Å². The number of non-ortho nitro benzene ring substituents is 1. The third kappa shape index (κ3) is 2.96. The van der Waals surface area contributed by atoms with E-state index in [-0.39, 0.29) is 28.8 Å². The SMILES string of the molecule is O=C(c1ccc(-c2cc([N+](=O)[O-])ccc2Cl)o1)n1cc(CO)c2ccccc21. The average Bonchev–Trinajstić information content (AvgIpc) is 3.33. The van der Waals surface area contributed by atoms with Crippen LogP contribution in [0.1, 0.15) is 16.1 Å².